The highest BCUT2D eigenvalue weighted by Crippen LogP contribution is 2.24. The van der Waals surface area contributed by atoms with Crippen LogP contribution in [0.25, 0.3) is 11.5 Å². The van der Waals surface area contributed by atoms with Crippen molar-refractivity contribution in [2.75, 3.05) is 12.4 Å². The van der Waals surface area contributed by atoms with E-state index in [1.54, 1.807) is 19.1 Å². The Kier molecular flexibility index (Phi) is 5.04. The summed E-state index contributed by atoms with van der Waals surface area (Å²) in [5.41, 5.74) is 1.81. The second-order valence-electron chi connectivity index (χ2n) is 5.52. The highest BCUT2D eigenvalue weighted by molar-refractivity contribution is 6.31. The van der Waals surface area contributed by atoms with Gasteiger partial charge in [-0.1, -0.05) is 29.8 Å². The highest BCUT2D eigenvalue weighted by atomic mass is 35.5. The molecule has 1 heterocycles. The number of amides is 2. The Morgan fingerprint density at radius 1 is 1.08 bits per heavy atom. The number of nitrogens with zero attached hydrogens (tertiary/aromatic N) is 1. The number of halogens is 1. The molecule has 0 aliphatic carbocycles. The summed E-state index contributed by atoms with van der Waals surface area (Å²) in [6, 6.07) is 13.9. The van der Waals surface area contributed by atoms with Crippen LogP contribution < -0.4 is 10.6 Å². The fourth-order valence-corrected chi connectivity index (χ4v) is 2.61. The highest BCUT2D eigenvalue weighted by Gasteiger charge is 2.20. The van der Waals surface area contributed by atoms with Crippen LogP contribution in [0.4, 0.5) is 5.69 Å². The number of benzene rings is 2. The van der Waals surface area contributed by atoms with Crippen molar-refractivity contribution in [2.45, 2.75) is 6.92 Å². The average molecular weight is 370 g/mol. The van der Waals surface area contributed by atoms with Crippen LogP contribution in [0.5, 0.6) is 0 Å². The number of aromatic nitrogens is 1. The minimum atomic E-state index is -0.496. The Morgan fingerprint density at radius 2 is 1.81 bits per heavy atom. The minimum Gasteiger partial charge on any atom is -0.431 e. The van der Waals surface area contributed by atoms with Gasteiger partial charge in [-0.3, -0.25) is 9.59 Å². The van der Waals surface area contributed by atoms with Crippen molar-refractivity contribution in [3.8, 4) is 11.5 Å². The van der Waals surface area contributed by atoms with Crippen molar-refractivity contribution in [1.82, 2.24) is 10.3 Å². The van der Waals surface area contributed by atoms with Gasteiger partial charge in [0, 0.05) is 17.6 Å². The van der Waals surface area contributed by atoms with Gasteiger partial charge in [-0.25, -0.2) is 4.98 Å². The van der Waals surface area contributed by atoms with Gasteiger partial charge < -0.3 is 15.1 Å². The number of anilines is 1. The molecule has 0 aliphatic rings. The van der Waals surface area contributed by atoms with Crippen molar-refractivity contribution in [3.05, 3.63) is 70.6 Å². The van der Waals surface area contributed by atoms with E-state index < -0.39 is 5.91 Å². The first-order chi connectivity index (χ1) is 12.5. The molecule has 2 amide bonds. The van der Waals surface area contributed by atoms with Gasteiger partial charge in [-0.2, -0.15) is 0 Å². The molecule has 1 aromatic heterocycles. The number of aryl methyl sites for hydroxylation is 1. The molecule has 0 saturated heterocycles. The zero-order chi connectivity index (χ0) is 18.7. The number of nitrogens with one attached hydrogen (secondary N) is 2. The predicted octanol–water partition coefficient (Wildman–Crippen LogP) is 3.92. The number of carbonyl (C=O) groups is 2. The predicted molar refractivity (Wildman–Crippen MR) is 99.5 cm³/mol. The van der Waals surface area contributed by atoms with Gasteiger partial charge in [0.1, 0.15) is 0 Å². The Labute approximate surface area is 155 Å². The zero-order valence-electron chi connectivity index (χ0n) is 14.2. The van der Waals surface area contributed by atoms with Crippen LogP contribution in [0.2, 0.25) is 5.02 Å². The first-order valence-corrected chi connectivity index (χ1v) is 8.23. The van der Waals surface area contributed by atoms with E-state index in [2.05, 4.69) is 15.6 Å². The van der Waals surface area contributed by atoms with Gasteiger partial charge in [0.2, 0.25) is 11.7 Å². The molecule has 2 aromatic carbocycles. The topological polar surface area (TPSA) is 84.2 Å². The molecule has 6 nitrogen and oxygen atoms in total. The monoisotopic (exact) mass is 369 g/mol. The van der Waals surface area contributed by atoms with Crippen LogP contribution in [0.3, 0.4) is 0 Å². The van der Waals surface area contributed by atoms with E-state index in [1.807, 2.05) is 30.3 Å². The third kappa shape index (κ3) is 3.60. The molecular formula is C19H16ClN3O3. The lowest BCUT2D eigenvalue weighted by Gasteiger charge is -2.10. The molecule has 0 saturated carbocycles. The standard InChI is InChI=1S/C19H16ClN3O3/c1-11-16(26-19(22-11)12-6-4-3-5-7-12)18(25)23-15-9-8-13(20)10-14(15)17(24)21-2/h3-10H,1-2H3,(H,21,24)(H,23,25). The summed E-state index contributed by atoms with van der Waals surface area (Å²) in [6.07, 6.45) is 0. The summed E-state index contributed by atoms with van der Waals surface area (Å²) in [5.74, 6) is -0.413. The number of carbonyl (C=O) groups excluding carboxylic acids is 2. The van der Waals surface area contributed by atoms with E-state index in [4.69, 9.17) is 16.0 Å². The van der Waals surface area contributed by atoms with Gasteiger partial charge in [-0.15, -0.1) is 0 Å². The first kappa shape index (κ1) is 17.7. The van der Waals surface area contributed by atoms with Gasteiger partial charge in [0.05, 0.1) is 16.9 Å². The van der Waals surface area contributed by atoms with E-state index in [0.29, 0.717) is 22.3 Å². The summed E-state index contributed by atoms with van der Waals surface area (Å²) in [5, 5.41) is 5.59. The Balaban J connectivity index is 1.90. The molecule has 0 radical (unpaired) electrons. The molecule has 26 heavy (non-hydrogen) atoms. The maximum Gasteiger partial charge on any atom is 0.293 e. The van der Waals surface area contributed by atoms with Crippen LogP contribution in [0.1, 0.15) is 26.6 Å². The SMILES string of the molecule is CNC(=O)c1cc(Cl)ccc1NC(=O)c1oc(-c2ccccc2)nc1C. The summed E-state index contributed by atoms with van der Waals surface area (Å²) in [7, 11) is 1.50. The van der Waals surface area contributed by atoms with Crippen LogP contribution in [0, 0.1) is 6.92 Å². The molecule has 0 bridgehead atoms. The van der Waals surface area contributed by atoms with Crippen molar-refractivity contribution >= 4 is 29.1 Å². The second-order valence-corrected chi connectivity index (χ2v) is 5.96. The van der Waals surface area contributed by atoms with Crippen molar-refractivity contribution < 1.29 is 14.0 Å². The maximum absolute atomic E-state index is 12.6. The third-order valence-electron chi connectivity index (χ3n) is 3.73. The van der Waals surface area contributed by atoms with Crippen molar-refractivity contribution in [3.63, 3.8) is 0 Å². The summed E-state index contributed by atoms with van der Waals surface area (Å²) < 4.78 is 5.64. The second kappa shape index (κ2) is 7.41. The Bertz CT molecular complexity index is 967. The van der Waals surface area contributed by atoms with E-state index >= 15 is 0 Å². The number of rotatable bonds is 4. The molecule has 7 heteroatoms. The number of hydrogen-bond donors (Lipinski definition) is 2. The lowest BCUT2D eigenvalue weighted by Crippen LogP contribution is -2.21. The molecule has 0 aliphatic heterocycles. The molecule has 3 rings (SSSR count). The van der Waals surface area contributed by atoms with Gasteiger partial charge in [-0.05, 0) is 37.3 Å². The number of hydrogen-bond acceptors (Lipinski definition) is 4. The van der Waals surface area contributed by atoms with Crippen LogP contribution in [-0.2, 0) is 0 Å². The third-order valence-corrected chi connectivity index (χ3v) is 3.96. The number of oxazole rings is 1. The molecule has 0 spiro atoms. The van der Waals surface area contributed by atoms with E-state index in [9.17, 15) is 9.59 Å². The summed E-state index contributed by atoms with van der Waals surface area (Å²) in [6.45, 7) is 1.69. The Morgan fingerprint density at radius 3 is 2.50 bits per heavy atom. The van der Waals surface area contributed by atoms with Gasteiger partial charge in [0.25, 0.3) is 11.8 Å². The first-order valence-electron chi connectivity index (χ1n) is 7.85. The van der Waals surface area contributed by atoms with Crippen LogP contribution in [-0.4, -0.2) is 23.8 Å². The minimum absolute atomic E-state index is 0.0849. The molecule has 0 atom stereocenters. The molecule has 0 fully saturated rings. The van der Waals surface area contributed by atoms with E-state index in [-0.39, 0.29) is 17.2 Å². The fraction of sp³-hybridized carbons (Fsp3) is 0.105. The quantitative estimate of drug-likeness (QED) is 0.730. The Hall–Kier alpha value is -3.12. The zero-order valence-corrected chi connectivity index (χ0v) is 14.9. The normalized spacial score (nSPS) is 10.4. The smallest absolute Gasteiger partial charge is 0.293 e. The maximum atomic E-state index is 12.6. The van der Waals surface area contributed by atoms with E-state index in [1.165, 1.54) is 13.1 Å². The van der Waals surface area contributed by atoms with Crippen molar-refractivity contribution in [2.24, 2.45) is 0 Å². The lowest BCUT2D eigenvalue weighted by atomic mass is 10.1. The molecule has 132 valence electrons. The largest absolute Gasteiger partial charge is 0.431 e. The van der Waals surface area contributed by atoms with Crippen LogP contribution in [0.15, 0.2) is 52.9 Å². The summed E-state index contributed by atoms with van der Waals surface area (Å²) in [4.78, 5) is 28.9. The van der Waals surface area contributed by atoms with Gasteiger partial charge >= 0.3 is 0 Å². The fourth-order valence-electron chi connectivity index (χ4n) is 2.44. The van der Waals surface area contributed by atoms with E-state index in [0.717, 1.165) is 5.56 Å². The molecule has 0 unspecified atom stereocenters. The van der Waals surface area contributed by atoms with Crippen molar-refractivity contribution in [1.29, 1.82) is 0 Å². The lowest BCUT2D eigenvalue weighted by molar-refractivity contribution is 0.0964. The average Bonchev–Trinajstić information content (AvgIpc) is 3.05. The van der Waals surface area contributed by atoms with Crippen LogP contribution >= 0.6 is 11.6 Å². The summed E-state index contributed by atoms with van der Waals surface area (Å²) >= 11 is 5.95. The molecule has 3 aromatic rings. The molecule has 2 N–H and O–H groups in total. The van der Waals surface area contributed by atoms with Gasteiger partial charge in [0.15, 0.2) is 0 Å². The molecular weight excluding hydrogens is 354 g/mol.